The van der Waals surface area contributed by atoms with Crippen molar-refractivity contribution in [3.05, 3.63) is 21.6 Å². The van der Waals surface area contributed by atoms with Crippen LogP contribution in [0, 0.1) is 0 Å². The van der Waals surface area contributed by atoms with Crippen molar-refractivity contribution in [2.75, 3.05) is 26.2 Å². The number of ether oxygens (including phenoxy) is 1. The molecule has 1 aliphatic rings. The van der Waals surface area contributed by atoms with Gasteiger partial charge in [-0.15, -0.1) is 0 Å². The summed E-state index contributed by atoms with van der Waals surface area (Å²) in [7, 11) is -3.88. The number of nitrogens with two attached hydrogens (primary N) is 1. The molecule has 112 valence electrons. The molecule has 1 aromatic rings. The van der Waals surface area contributed by atoms with E-state index in [9.17, 15) is 8.42 Å². The molecule has 1 fully saturated rings. The highest BCUT2D eigenvalue weighted by molar-refractivity contribution is 9.10. The smallest absolute Gasteiger partial charge is 0.241 e. The van der Waals surface area contributed by atoms with Crippen molar-refractivity contribution in [1.82, 2.24) is 4.90 Å². The lowest BCUT2D eigenvalue weighted by Gasteiger charge is -2.17. The Morgan fingerprint density at radius 3 is 2.60 bits per heavy atom. The van der Waals surface area contributed by atoms with Gasteiger partial charge in [-0.05, 0) is 38.1 Å². The van der Waals surface area contributed by atoms with Crippen molar-refractivity contribution >= 4 is 37.6 Å². The highest BCUT2D eigenvalue weighted by Crippen LogP contribution is 2.34. The summed E-state index contributed by atoms with van der Waals surface area (Å²) in [4.78, 5) is 2.17. The summed E-state index contributed by atoms with van der Waals surface area (Å²) >= 11 is 9.24. The molecule has 0 radical (unpaired) electrons. The van der Waals surface area contributed by atoms with Gasteiger partial charge in [0.2, 0.25) is 10.0 Å². The van der Waals surface area contributed by atoms with Crippen LogP contribution in [0.5, 0.6) is 5.75 Å². The standard InChI is InChI=1S/C12H16BrClN2O3S/c13-9-7-10(14)12(11(8-9)20(15,17)18)19-6-5-16-3-1-2-4-16/h7-8H,1-6H2,(H2,15,17,18). The maximum absolute atomic E-state index is 11.6. The minimum absolute atomic E-state index is 0.0988. The van der Waals surface area contributed by atoms with Crippen molar-refractivity contribution in [3.63, 3.8) is 0 Å². The van der Waals surface area contributed by atoms with E-state index < -0.39 is 10.0 Å². The van der Waals surface area contributed by atoms with E-state index in [-0.39, 0.29) is 15.7 Å². The third kappa shape index (κ3) is 4.08. The Kier molecular flexibility index (Phi) is 5.30. The maximum atomic E-state index is 11.6. The fourth-order valence-corrected chi connectivity index (χ4v) is 3.96. The lowest BCUT2D eigenvalue weighted by Crippen LogP contribution is -2.25. The van der Waals surface area contributed by atoms with Crippen LogP contribution in [0.4, 0.5) is 0 Å². The molecule has 0 unspecified atom stereocenters. The Morgan fingerprint density at radius 2 is 2.00 bits per heavy atom. The van der Waals surface area contributed by atoms with Crippen LogP contribution in [0.1, 0.15) is 12.8 Å². The van der Waals surface area contributed by atoms with Gasteiger partial charge in [-0.25, -0.2) is 13.6 Å². The summed E-state index contributed by atoms with van der Waals surface area (Å²) in [6, 6.07) is 2.98. The molecule has 2 N–H and O–H groups in total. The first-order valence-electron chi connectivity index (χ1n) is 6.25. The highest BCUT2D eigenvalue weighted by Gasteiger charge is 2.20. The predicted octanol–water partition coefficient (Wildman–Crippen LogP) is 2.22. The first-order valence-corrected chi connectivity index (χ1v) is 8.96. The summed E-state index contributed by atoms with van der Waals surface area (Å²) in [6.07, 6.45) is 2.39. The third-order valence-corrected chi connectivity index (χ3v) is 4.79. The molecule has 0 spiro atoms. The zero-order valence-corrected chi connectivity index (χ0v) is 14.0. The lowest BCUT2D eigenvalue weighted by molar-refractivity contribution is 0.234. The van der Waals surface area contributed by atoms with Gasteiger partial charge in [-0.1, -0.05) is 27.5 Å². The molecule has 1 aromatic carbocycles. The van der Waals surface area contributed by atoms with Crippen LogP contribution < -0.4 is 9.88 Å². The van der Waals surface area contributed by atoms with E-state index in [2.05, 4.69) is 20.8 Å². The molecule has 20 heavy (non-hydrogen) atoms. The third-order valence-electron chi connectivity index (χ3n) is 3.13. The monoisotopic (exact) mass is 382 g/mol. The molecule has 0 aliphatic carbocycles. The molecule has 0 aromatic heterocycles. The maximum Gasteiger partial charge on any atom is 0.241 e. The quantitative estimate of drug-likeness (QED) is 0.846. The normalized spacial score (nSPS) is 16.6. The van der Waals surface area contributed by atoms with Crippen molar-refractivity contribution in [2.24, 2.45) is 5.14 Å². The topological polar surface area (TPSA) is 72.6 Å². The van der Waals surface area contributed by atoms with Gasteiger partial charge in [-0.3, -0.25) is 4.90 Å². The van der Waals surface area contributed by atoms with Crippen molar-refractivity contribution in [2.45, 2.75) is 17.7 Å². The number of likely N-dealkylation sites (tertiary alicyclic amines) is 1. The summed E-state index contributed by atoms with van der Waals surface area (Å²) in [5, 5.41) is 5.42. The largest absolute Gasteiger partial charge is 0.489 e. The molecule has 0 saturated carbocycles. The molecular weight excluding hydrogens is 368 g/mol. The molecule has 0 bridgehead atoms. The summed E-state index contributed by atoms with van der Waals surface area (Å²) in [6.45, 7) is 3.24. The van der Waals surface area contributed by atoms with Gasteiger partial charge in [0.1, 0.15) is 11.5 Å². The Hall–Kier alpha value is -0.340. The zero-order valence-electron chi connectivity index (χ0n) is 10.8. The molecule has 0 amide bonds. The SMILES string of the molecule is NS(=O)(=O)c1cc(Br)cc(Cl)c1OCCN1CCCC1. The van der Waals surface area contributed by atoms with E-state index >= 15 is 0 Å². The minimum Gasteiger partial charge on any atom is -0.489 e. The van der Waals surface area contributed by atoms with E-state index in [1.54, 1.807) is 6.07 Å². The molecule has 0 atom stereocenters. The van der Waals surface area contributed by atoms with Crippen LogP contribution in [0.3, 0.4) is 0 Å². The Bertz CT molecular complexity index is 589. The van der Waals surface area contributed by atoms with Gasteiger partial charge in [0.25, 0.3) is 0 Å². The average Bonchev–Trinajstić information content (AvgIpc) is 2.83. The number of halogens is 2. The summed E-state index contributed by atoms with van der Waals surface area (Å²) in [5.41, 5.74) is 0. The molecular formula is C12H16BrClN2O3S. The van der Waals surface area contributed by atoms with Crippen molar-refractivity contribution in [1.29, 1.82) is 0 Å². The van der Waals surface area contributed by atoms with Crippen molar-refractivity contribution in [3.8, 4) is 5.75 Å². The Morgan fingerprint density at radius 1 is 1.35 bits per heavy atom. The van der Waals surface area contributed by atoms with Crippen molar-refractivity contribution < 1.29 is 13.2 Å². The predicted molar refractivity (Wildman–Crippen MR) is 81.7 cm³/mol. The first kappa shape index (κ1) is 16.0. The molecule has 5 nitrogen and oxygen atoms in total. The summed E-state index contributed by atoms with van der Waals surface area (Å²) in [5.74, 6) is 0.122. The van der Waals surface area contributed by atoms with Gasteiger partial charge < -0.3 is 4.74 Å². The van der Waals surface area contributed by atoms with Gasteiger partial charge in [0.05, 0.1) is 5.02 Å². The van der Waals surface area contributed by atoms with Gasteiger partial charge >= 0.3 is 0 Å². The molecule has 1 aliphatic heterocycles. The van der Waals surface area contributed by atoms with Crippen LogP contribution in [0.25, 0.3) is 0 Å². The number of hydrogen-bond donors (Lipinski definition) is 1. The number of nitrogens with zero attached hydrogens (tertiary/aromatic N) is 1. The highest BCUT2D eigenvalue weighted by atomic mass is 79.9. The zero-order chi connectivity index (χ0) is 14.8. The number of rotatable bonds is 5. The van der Waals surface area contributed by atoms with Gasteiger partial charge in [-0.2, -0.15) is 0 Å². The lowest BCUT2D eigenvalue weighted by atomic mass is 10.3. The van der Waals surface area contributed by atoms with Gasteiger partial charge in [0, 0.05) is 11.0 Å². The number of primary sulfonamides is 1. The second-order valence-electron chi connectivity index (χ2n) is 4.66. The van der Waals surface area contributed by atoms with E-state index in [1.807, 2.05) is 0 Å². The van der Waals surface area contributed by atoms with Gasteiger partial charge in [0.15, 0.2) is 5.75 Å². The van der Waals surface area contributed by atoms with E-state index in [4.69, 9.17) is 21.5 Å². The number of benzene rings is 1. The molecule has 8 heteroatoms. The molecule has 2 rings (SSSR count). The van der Waals surface area contributed by atoms with Crippen LogP contribution in [0.2, 0.25) is 5.02 Å². The molecule has 1 heterocycles. The molecule has 1 saturated heterocycles. The van der Waals surface area contributed by atoms with Crippen LogP contribution >= 0.6 is 27.5 Å². The second kappa shape index (κ2) is 6.62. The van der Waals surface area contributed by atoms with E-state index in [0.29, 0.717) is 11.1 Å². The number of hydrogen-bond acceptors (Lipinski definition) is 4. The Balaban J connectivity index is 2.13. The second-order valence-corrected chi connectivity index (χ2v) is 7.51. The van der Waals surface area contributed by atoms with E-state index in [0.717, 1.165) is 19.6 Å². The van der Waals surface area contributed by atoms with Crippen LogP contribution in [-0.4, -0.2) is 39.6 Å². The average molecular weight is 384 g/mol. The van der Waals surface area contributed by atoms with Crippen LogP contribution in [-0.2, 0) is 10.0 Å². The van der Waals surface area contributed by atoms with Crippen LogP contribution in [0.15, 0.2) is 21.5 Å². The minimum atomic E-state index is -3.88. The Labute approximate surface area is 132 Å². The fourth-order valence-electron chi connectivity index (χ4n) is 2.17. The fraction of sp³-hybridized carbons (Fsp3) is 0.500. The number of sulfonamides is 1. The summed E-state index contributed by atoms with van der Waals surface area (Å²) < 4.78 is 29.3. The first-order chi connectivity index (χ1) is 9.38. The van der Waals surface area contributed by atoms with E-state index in [1.165, 1.54) is 18.9 Å².